The Morgan fingerprint density at radius 2 is 1.91 bits per heavy atom. The van der Waals surface area contributed by atoms with Gasteiger partial charge < -0.3 is 10.5 Å². The highest BCUT2D eigenvalue weighted by Gasteiger charge is 2.51. The molecule has 1 saturated carbocycles. The van der Waals surface area contributed by atoms with Crippen LogP contribution in [0.5, 0.6) is 0 Å². The highest BCUT2D eigenvalue weighted by atomic mass is 16.5. The monoisotopic (exact) mass is 153 g/mol. The zero-order valence-electron chi connectivity index (χ0n) is 6.70. The van der Waals surface area contributed by atoms with E-state index in [1.54, 1.807) is 0 Å². The average Bonchev–Trinajstić information content (AvgIpc) is 2.52. The Labute approximate surface area is 67.1 Å². The van der Waals surface area contributed by atoms with Crippen LogP contribution in [0.4, 0.5) is 0 Å². The molecular formula is C9H15NO. The van der Waals surface area contributed by atoms with Gasteiger partial charge in [-0.15, -0.1) is 0 Å². The van der Waals surface area contributed by atoms with Crippen LogP contribution in [0.25, 0.3) is 0 Å². The first-order chi connectivity index (χ1) is 5.34. The smallest absolute Gasteiger partial charge is 0.0612 e. The number of nitrogens with two attached hydrogens (primary N) is 1. The summed E-state index contributed by atoms with van der Waals surface area (Å²) in [5.41, 5.74) is 5.82. The van der Waals surface area contributed by atoms with Gasteiger partial charge in [0.2, 0.25) is 0 Å². The van der Waals surface area contributed by atoms with Gasteiger partial charge in [0.05, 0.1) is 12.2 Å². The lowest BCUT2D eigenvalue weighted by molar-refractivity contribution is 0.0890. The summed E-state index contributed by atoms with van der Waals surface area (Å²) >= 11 is 0. The van der Waals surface area contributed by atoms with Gasteiger partial charge in [0.1, 0.15) is 0 Å². The SMILES string of the molecule is NC1CC1C1CC2CCC1O2. The fourth-order valence-corrected chi connectivity index (χ4v) is 2.86. The van der Waals surface area contributed by atoms with Crippen molar-refractivity contribution < 1.29 is 4.74 Å². The largest absolute Gasteiger partial charge is 0.375 e. The minimum Gasteiger partial charge on any atom is -0.375 e. The van der Waals surface area contributed by atoms with Crippen LogP contribution in [0.15, 0.2) is 0 Å². The third-order valence-electron chi connectivity index (χ3n) is 3.59. The second-order valence-electron chi connectivity index (χ2n) is 4.34. The molecule has 0 spiro atoms. The number of ether oxygens (including phenoxy) is 1. The molecule has 0 aromatic heterocycles. The molecule has 11 heavy (non-hydrogen) atoms. The molecule has 0 aromatic rings. The molecule has 3 rings (SSSR count). The van der Waals surface area contributed by atoms with Gasteiger partial charge in [-0.25, -0.2) is 0 Å². The third-order valence-corrected chi connectivity index (χ3v) is 3.59. The minimum absolute atomic E-state index is 0.517. The third kappa shape index (κ3) is 0.859. The highest BCUT2D eigenvalue weighted by molar-refractivity contribution is 5.02. The van der Waals surface area contributed by atoms with Gasteiger partial charge in [0, 0.05) is 6.04 Å². The van der Waals surface area contributed by atoms with Gasteiger partial charge in [0.25, 0.3) is 0 Å². The van der Waals surface area contributed by atoms with E-state index in [9.17, 15) is 0 Å². The van der Waals surface area contributed by atoms with Crippen molar-refractivity contribution >= 4 is 0 Å². The first-order valence-corrected chi connectivity index (χ1v) is 4.75. The predicted octanol–water partition coefficient (Wildman–Crippen LogP) is 0.901. The first-order valence-electron chi connectivity index (χ1n) is 4.75. The summed E-state index contributed by atoms with van der Waals surface area (Å²) in [6.45, 7) is 0. The fraction of sp³-hybridized carbons (Fsp3) is 1.00. The molecule has 5 unspecified atom stereocenters. The van der Waals surface area contributed by atoms with Crippen molar-refractivity contribution in [2.24, 2.45) is 17.6 Å². The number of hydrogen-bond donors (Lipinski definition) is 1. The lowest BCUT2D eigenvalue weighted by Gasteiger charge is -2.17. The summed E-state index contributed by atoms with van der Waals surface area (Å²) in [6, 6.07) is 0.517. The van der Waals surface area contributed by atoms with E-state index in [-0.39, 0.29) is 0 Å². The highest BCUT2D eigenvalue weighted by Crippen LogP contribution is 2.49. The van der Waals surface area contributed by atoms with E-state index in [0.717, 1.165) is 11.8 Å². The van der Waals surface area contributed by atoms with Crippen molar-refractivity contribution in [1.82, 2.24) is 0 Å². The van der Waals surface area contributed by atoms with Crippen LogP contribution in [-0.4, -0.2) is 18.2 Å². The van der Waals surface area contributed by atoms with E-state index in [4.69, 9.17) is 10.5 Å². The van der Waals surface area contributed by atoms with E-state index in [1.165, 1.54) is 25.7 Å². The molecule has 1 aliphatic carbocycles. The summed E-state index contributed by atoms with van der Waals surface area (Å²) in [5.74, 6) is 1.66. The molecule has 0 aromatic carbocycles. The van der Waals surface area contributed by atoms with Gasteiger partial charge in [-0.2, -0.15) is 0 Å². The molecule has 2 aliphatic heterocycles. The van der Waals surface area contributed by atoms with E-state index >= 15 is 0 Å². The van der Waals surface area contributed by atoms with E-state index in [1.807, 2.05) is 0 Å². The van der Waals surface area contributed by atoms with Gasteiger partial charge in [0.15, 0.2) is 0 Å². The van der Waals surface area contributed by atoms with Crippen LogP contribution in [0, 0.1) is 11.8 Å². The molecule has 2 saturated heterocycles. The second kappa shape index (κ2) is 1.99. The average molecular weight is 153 g/mol. The first kappa shape index (κ1) is 6.44. The molecular weight excluding hydrogens is 138 g/mol. The van der Waals surface area contributed by atoms with Crippen LogP contribution < -0.4 is 5.73 Å². The Bertz CT molecular complexity index is 182. The van der Waals surface area contributed by atoms with Crippen molar-refractivity contribution in [3.05, 3.63) is 0 Å². The molecule has 2 bridgehead atoms. The normalized spacial score (nSPS) is 60.3. The molecule has 2 N–H and O–H groups in total. The van der Waals surface area contributed by atoms with Crippen molar-refractivity contribution in [1.29, 1.82) is 0 Å². The molecule has 2 heterocycles. The topological polar surface area (TPSA) is 35.2 Å². The minimum atomic E-state index is 0.517. The summed E-state index contributed by atoms with van der Waals surface area (Å²) < 4.78 is 5.78. The van der Waals surface area contributed by atoms with Gasteiger partial charge in [-0.05, 0) is 37.5 Å². The Hall–Kier alpha value is -0.0800. The molecule has 0 radical (unpaired) electrons. The molecule has 3 fully saturated rings. The van der Waals surface area contributed by atoms with E-state index in [0.29, 0.717) is 18.2 Å². The van der Waals surface area contributed by atoms with E-state index in [2.05, 4.69) is 0 Å². The Balaban J connectivity index is 1.72. The maximum Gasteiger partial charge on any atom is 0.0612 e. The van der Waals surface area contributed by atoms with Gasteiger partial charge in [-0.3, -0.25) is 0 Å². The Morgan fingerprint density at radius 1 is 1.09 bits per heavy atom. The zero-order valence-corrected chi connectivity index (χ0v) is 6.70. The summed E-state index contributed by atoms with van der Waals surface area (Å²) in [7, 11) is 0. The van der Waals surface area contributed by atoms with Crippen LogP contribution in [-0.2, 0) is 4.74 Å². The summed E-state index contributed by atoms with van der Waals surface area (Å²) in [4.78, 5) is 0. The van der Waals surface area contributed by atoms with Crippen molar-refractivity contribution in [3.63, 3.8) is 0 Å². The van der Waals surface area contributed by atoms with Crippen LogP contribution >= 0.6 is 0 Å². The van der Waals surface area contributed by atoms with Gasteiger partial charge >= 0.3 is 0 Å². The quantitative estimate of drug-likeness (QED) is 0.607. The lowest BCUT2D eigenvalue weighted by Crippen LogP contribution is -2.21. The molecule has 0 amide bonds. The van der Waals surface area contributed by atoms with Crippen molar-refractivity contribution in [3.8, 4) is 0 Å². The molecule has 3 aliphatic rings. The lowest BCUT2D eigenvalue weighted by atomic mass is 9.85. The Kier molecular flexibility index (Phi) is 1.16. The van der Waals surface area contributed by atoms with Gasteiger partial charge in [-0.1, -0.05) is 0 Å². The van der Waals surface area contributed by atoms with Crippen LogP contribution in [0.2, 0.25) is 0 Å². The van der Waals surface area contributed by atoms with Crippen LogP contribution in [0.1, 0.15) is 25.7 Å². The zero-order chi connectivity index (χ0) is 7.42. The number of rotatable bonds is 1. The number of fused-ring (bicyclic) bond motifs is 2. The molecule has 2 heteroatoms. The summed E-state index contributed by atoms with van der Waals surface area (Å²) in [5, 5.41) is 0. The van der Waals surface area contributed by atoms with Crippen molar-refractivity contribution in [2.45, 2.75) is 43.9 Å². The molecule has 2 nitrogen and oxygen atoms in total. The fourth-order valence-electron chi connectivity index (χ4n) is 2.86. The second-order valence-corrected chi connectivity index (χ2v) is 4.34. The molecule has 62 valence electrons. The van der Waals surface area contributed by atoms with E-state index < -0.39 is 0 Å². The Morgan fingerprint density at radius 3 is 2.36 bits per heavy atom. The molecule has 5 atom stereocenters. The standard InChI is InChI=1S/C9H15NO/c10-8-4-6(8)7-3-5-1-2-9(7)11-5/h5-9H,1-4,10H2. The maximum atomic E-state index is 5.82. The van der Waals surface area contributed by atoms with Crippen LogP contribution in [0.3, 0.4) is 0 Å². The maximum absolute atomic E-state index is 5.82. The number of hydrogen-bond acceptors (Lipinski definition) is 2. The summed E-state index contributed by atoms with van der Waals surface area (Å²) in [6.07, 6.45) is 6.39. The van der Waals surface area contributed by atoms with Crippen molar-refractivity contribution in [2.75, 3.05) is 0 Å². The predicted molar refractivity (Wildman–Crippen MR) is 42.1 cm³/mol.